The van der Waals surface area contributed by atoms with E-state index in [2.05, 4.69) is 10.00 Å². The second-order valence-corrected chi connectivity index (χ2v) is 4.39. The molecule has 1 aromatic rings. The Morgan fingerprint density at radius 3 is 2.93 bits per heavy atom. The highest BCUT2D eigenvalue weighted by Crippen LogP contribution is 2.32. The van der Waals surface area contributed by atoms with Gasteiger partial charge in [0.25, 0.3) is 0 Å². The average molecular weight is 192 g/mol. The Balaban J connectivity index is 1.91. The van der Waals surface area contributed by atoms with Gasteiger partial charge in [-0.15, -0.1) is 0 Å². The molecule has 76 valence electrons. The number of aromatic nitrogens is 2. The topological polar surface area (TPSA) is 47.1 Å². The SMILES string of the molecule is Cn1nc2c(c1N)CN(C1CC1)CC2. The minimum Gasteiger partial charge on any atom is -0.384 e. The molecule has 1 saturated carbocycles. The average Bonchev–Trinajstić information content (AvgIpc) is 2.97. The van der Waals surface area contributed by atoms with Crippen molar-refractivity contribution in [3.63, 3.8) is 0 Å². The largest absolute Gasteiger partial charge is 0.384 e. The summed E-state index contributed by atoms with van der Waals surface area (Å²) in [7, 11) is 1.93. The lowest BCUT2D eigenvalue weighted by molar-refractivity contribution is 0.243. The molecule has 1 aliphatic heterocycles. The van der Waals surface area contributed by atoms with Crippen LogP contribution in [-0.2, 0) is 20.0 Å². The zero-order chi connectivity index (χ0) is 9.71. The normalized spacial score (nSPS) is 22.4. The molecule has 1 fully saturated rings. The van der Waals surface area contributed by atoms with E-state index in [-0.39, 0.29) is 0 Å². The van der Waals surface area contributed by atoms with Crippen LogP contribution in [0.1, 0.15) is 24.1 Å². The summed E-state index contributed by atoms with van der Waals surface area (Å²) in [6.07, 6.45) is 3.81. The quantitative estimate of drug-likeness (QED) is 0.705. The fourth-order valence-electron chi connectivity index (χ4n) is 2.29. The van der Waals surface area contributed by atoms with Gasteiger partial charge in [0, 0.05) is 38.2 Å². The van der Waals surface area contributed by atoms with Gasteiger partial charge in [-0.05, 0) is 12.8 Å². The van der Waals surface area contributed by atoms with Gasteiger partial charge < -0.3 is 5.73 Å². The standard InChI is InChI=1S/C10H16N4/c1-13-10(11)8-6-14(7-2-3-7)5-4-9(8)12-13/h7H,2-6,11H2,1H3. The van der Waals surface area contributed by atoms with E-state index in [1.165, 1.54) is 24.1 Å². The molecule has 0 unspecified atom stereocenters. The molecular weight excluding hydrogens is 176 g/mol. The van der Waals surface area contributed by atoms with Crippen molar-refractivity contribution in [2.24, 2.45) is 7.05 Å². The van der Waals surface area contributed by atoms with E-state index in [4.69, 9.17) is 5.73 Å². The Morgan fingerprint density at radius 2 is 2.21 bits per heavy atom. The van der Waals surface area contributed by atoms with Gasteiger partial charge in [-0.3, -0.25) is 9.58 Å². The third kappa shape index (κ3) is 1.14. The molecule has 4 nitrogen and oxygen atoms in total. The third-order valence-electron chi connectivity index (χ3n) is 3.34. The Morgan fingerprint density at radius 1 is 1.43 bits per heavy atom. The van der Waals surface area contributed by atoms with Crippen molar-refractivity contribution in [3.05, 3.63) is 11.3 Å². The van der Waals surface area contributed by atoms with Gasteiger partial charge in [-0.2, -0.15) is 5.10 Å². The van der Waals surface area contributed by atoms with E-state index in [0.29, 0.717) is 0 Å². The van der Waals surface area contributed by atoms with Crippen LogP contribution in [0.4, 0.5) is 5.82 Å². The van der Waals surface area contributed by atoms with Gasteiger partial charge in [0.05, 0.1) is 5.69 Å². The fourth-order valence-corrected chi connectivity index (χ4v) is 2.29. The van der Waals surface area contributed by atoms with Gasteiger partial charge in [0.1, 0.15) is 5.82 Å². The van der Waals surface area contributed by atoms with Crippen molar-refractivity contribution < 1.29 is 0 Å². The van der Waals surface area contributed by atoms with Crippen molar-refractivity contribution >= 4 is 5.82 Å². The van der Waals surface area contributed by atoms with Crippen LogP contribution in [0.25, 0.3) is 0 Å². The van der Waals surface area contributed by atoms with Crippen LogP contribution in [-0.4, -0.2) is 27.3 Å². The lowest BCUT2D eigenvalue weighted by Crippen LogP contribution is -2.32. The molecule has 0 bridgehead atoms. The van der Waals surface area contributed by atoms with Crippen molar-refractivity contribution in [2.75, 3.05) is 12.3 Å². The number of hydrogen-bond donors (Lipinski definition) is 1. The van der Waals surface area contributed by atoms with Crippen LogP contribution in [0.2, 0.25) is 0 Å². The van der Waals surface area contributed by atoms with E-state index >= 15 is 0 Å². The zero-order valence-corrected chi connectivity index (χ0v) is 8.53. The van der Waals surface area contributed by atoms with Crippen molar-refractivity contribution in [2.45, 2.75) is 31.8 Å². The highest BCUT2D eigenvalue weighted by molar-refractivity contribution is 5.44. The summed E-state index contributed by atoms with van der Waals surface area (Å²) in [5, 5.41) is 4.43. The molecule has 3 rings (SSSR count). The van der Waals surface area contributed by atoms with Crippen LogP contribution in [0.5, 0.6) is 0 Å². The minimum absolute atomic E-state index is 0.836. The van der Waals surface area contributed by atoms with Gasteiger partial charge >= 0.3 is 0 Å². The molecule has 2 aliphatic rings. The van der Waals surface area contributed by atoms with Crippen LogP contribution in [0.3, 0.4) is 0 Å². The Hall–Kier alpha value is -1.03. The van der Waals surface area contributed by atoms with E-state index < -0.39 is 0 Å². The molecule has 0 amide bonds. The molecule has 0 saturated heterocycles. The highest BCUT2D eigenvalue weighted by atomic mass is 15.3. The first-order valence-corrected chi connectivity index (χ1v) is 5.30. The van der Waals surface area contributed by atoms with Crippen molar-refractivity contribution in [1.82, 2.24) is 14.7 Å². The number of aryl methyl sites for hydroxylation is 1. The lowest BCUT2D eigenvalue weighted by Gasteiger charge is -2.25. The number of hydrogen-bond acceptors (Lipinski definition) is 3. The van der Waals surface area contributed by atoms with Gasteiger partial charge in [-0.1, -0.05) is 0 Å². The van der Waals surface area contributed by atoms with Crippen molar-refractivity contribution in [1.29, 1.82) is 0 Å². The minimum atomic E-state index is 0.836. The Bertz CT molecular complexity index is 364. The molecule has 2 N–H and O–H groups in total. The molecular formula is C10H16N4. The summed E-state index contributed by atoms with van der Waals surface area (Å²) >= 11 is 0. The number of nitrogens with zero attached hydrogens (tertiary/aromatic N) is 3. The predicted octanol–water partition coefficient (Wildman–Crippen LogP) is 0.523. The monoisotopic (exact) mass is 192 g/mol. The zero-order valence-electron chi connectivity index (χ0n) is 8.53. The van der Waals surface area contributed by atoms with E-state index in [1.807, 2.05) is 7.05 Å². The summed E-state index contributed by atoms with van der Waals surface area (Å²) in [5.74, 6) is 0.852. The highest BCUT2D eigenvalue weighted by Gasteiger charge is 2.33. The first-order valence-electron chi connectivity index (χ1n) is 5.30. The number of fused-ring (bicyclic) bond motifs is 1. The number of rotatable bonds is 1. The molecule has 2 heterocycles. The second-order valence-electron chi connectivity index (χ2n) is 4.39. The third-order valence-corrected chi connectivity index (χ3v) is 3.34. The molecule has 0 radical (unpaired) electrons. The van der Waals surface area contributed by atoms with Gasteiger partial charge in [0.2, 0.25) is 0 Å². The Labute approximate surface area is 83.7 Å². The predicted molar refractivity (Wildman–Crippen MR) is 54.8 cm³/mol. The molecule has 0 spiro atoms. The Kier molecular flexibility index (Phi) is 1.62. The maximum absolute atomic E-state index is 5.98. The van der Waals surface area contributed by atoms with Crippen molar-refractivity contribution in [3.8, 4) is 0 Å². The molecule has 4 heteroatoms. The summed E-state index contributed by atoms with van der Waals surface area (Å²) in [5.41, 5.74) is 8.46. The molecule has 1 aliphatic carbocycles. The van der Waals surface area contributed by atoms with Crippen LogP contribution >= 0.6 is 0 Å². The molecule has 0 aromatic carbocycles. The number of anilines is 1. The number of nitrogens with two attached hydrogens (primary N) is 1. The van der Waals surface area contributed by atoms with E-state index in [1.54, 1.807) is 4.68 Å². The lowest BCUT2D eigenvalue weighted by atomic mass is 10.1. The first-order chi connectivity index (χ1) is 6.75. The first kappa shape index (κ1) is 8.29. The summed E-state index contributed by atoms with van der Waals surface area (Å²) < 4.78 is 1.81. The van der Waals surface area contributed by atoms with E-state index in [9.17, 15) is 0 Å². The van der Waals surface area contributed by atoms with Crippen LogP contribution < -0.4 is 5.73 Å². The second kappa shape index (κ2) is 2.73. The summed E-state index contributed by atoms with van der Waals surface area (Å²) in [6, 6.07) is 0.836. The smallest absolute Gasteiger partial charge is 0.126 e. The number of nitrogen functional groups attached to an aromatic ring is 1. The fraction of sp³-hybridized carbons (Fsp3) is 0.700. The summed E-state index contributed by atoms with van der Waals surface area (Å²) in [4.78, 5) is 2.54. The van der Waals surface area contributed by atoms with Crippen LogP contribution in [0, 0.1) is 0 Å². The van der Waals surface area contributed by atoms with Gasteiger partial charge in [0.15, 0.2) is 0 Å². The molecule has 14 heavy (non-hydrogen) atoms. The maximum atomic E-state index is 5.98. The molecule has 0 atom stereocenters. The van der Waals surface area contributed by atoms with Gasteiger partial charge in [-0.25, -0.2) is 0 Å². The molecule has 1 aromatic heterocycles. The van der Waals surface area contributed by atoms with E-state index in [0.717, 1.165) is 31.4 Å². The maximum Gasteiger partial charge on any atom is 0.126 e. The summed E-state index contributed by atoms with van der Waals surface area (Å²) in [6.45, 7) is 2.17. The van der Waals surface area contributed by atoms with Crippen LogP contribution in [0.15, 0.2) is 0 Å².